The largest absolute Gasteiger partial charge is 0.420 e. The Kier molecular flexibility index (Phi) is 5.17. The minimum absolute atomic E-state index is 0.0794. The van der Waals surface area contributed by atoms with E-state index in [1.54, 1.807) is 0 Å². The van der Waals surface area contributed by atoms with Crippen LogP contribution in [0.25, 0.3) is 0 Å². The average Bonchev–Trinajstić information content (AvgIpc) is 2.21. The van der Waals surface area contributed by atoms with Crippen LogP contribution in [0, 0.1) is 17.3 Å². The van der Waals surface area contributed by atoms with Gasteiger partial charge in [0.05, 0.1) is 5.92 Å². The van der Waals surface area contributed by atoms with Crippen molar-refractivity contribution in [2.45, 2.75) is 46.3 Å². The van der Waals surface area contributed by atoms with E-state index in [-0.39, 0.29) is 29.2 Å². The maximum atomic E-state index is 11.9. The first-order valence-corrected chi connectivity index (χ1v) is 9.58. The van der Waals surface area contributed by atoms with Crippen molar-refractivity contribution in [1.82, 2.24) is 5.32 Å². The lowest BCUT2D eigenvalue weighted by molar-refractivity contribution is -0.141. The second kappa shape index (κ2) is 6.02. The molecule has 1 fully saturated rings. The topological polar surface area (TPSA) is 38.3 Å². The Morgan fingerprint density at radius 1 is 1.50 bits per heavy atom. The van der Waals surface area contributed by atoms with Crippen LogP contribution in [0.2, 0.25) is 13.1 Å². The molecule has 0 aliphatic carbocycles. The van der Waals surface area contributed by atoms with Gasteiger partial charge in [0, 0.05) is 12.6 Å². The van der Waals surface area contributed by atoms with Gasteiger partial charge in [0.25, 0.3) is 0 Å². The van der Waals surface area contributed by atoms with E-state index in [9.17, 15) is 4.79 Å². The molecule has 104 valence electrons. The molecule has 0 radical (unpaired) electrons. The monoisotopic (exact) mass is 269 g/mol. The van der Waals surface area contributed by atoms with Crippen molar-refractivity contribution in [3.63, 3.8) is 0 Å². The van der Waals surface area contributed by atoms with E-state index in [4.69, 9.17) is 4.43 Å². The van der Waals surface area contributed by atoms with Gasteiger partial charge in [-0.2, -0.15) is 0 Å². The lowest BCUT2D eigenvalue weighted by atomic mass is 9.67. The molecular weight excluding hydrogens is 242 g/mol. The third-order valence-electron chi connectivity index (χ3n) is 3.64. The molecule has 1 saturated heterocycles. The molecule has 0 unspecified atom stereocenters. The van der Waals surface area contributed by atoms with Crippen LogP contribution < -0.4 is 5.32 Å². The summed E-state index contributed by atoms with van der Waals surface area (Å²) in [6, 6.07) is 0.247. The van der Waals surface area contributed by atoms with E-state index < -0.39 is 9.04 Å². The summed E-state index contributed by atoms with van der Waals surface area (Å²) in [5.74, 6) is 0.539. The van der Waals surface area contributed by atoms with Gasteiger partial charge in [-0.3, -0.25) is 4.79 Å². The summed E-state index contributed by atoms with van der Waals surface area (Å²) in [5, 5.41) is 2.98. The van der Waals surface area contributed by atoms with Gasteiger partial charge in [0.2, 0.25) is 5.91 Å². The molecule has 18 heavy (non-hydrogen) atoms. The Morgan fingerprint density at radius 2 is 2.11 bits per heavy atom. The highest BCUT2D eigenvalue weighted by Crippen LogP contribution is 2.38. The summed E-state index contributed by atoms with van der Waals surface area (Å²) in [5.41, 5.74) is 0.0884. The van der Waals surface area contributed by atoms with Crippen LogP contribution in [0.3, 0.4) is 0 Å². The van der Waals surface area contributed by atoms with Crippen LogP contribution in [0.1, 0.15) is 27.2 Å². The quantitative estimate of drug-likeness (QED) is 0.457. The zero-order chi connectivity index (χ0) is 13.9. The lowest BCUT2D eigenvalue weighted by Crippen LogP contribution is -2.63. The minimum atomic E-state index is -1.04. The standard InChI is InChI=1S/C14H27NO2Si/c1-7-8-11-12(13(16)15-11)10(14(2,3)4)9-17-18(5)6/h7,10-12,18H,1,8-9H2,2-6H3,(H,15,16)/t10-,11-,12+/m1/s1. The molecule has 4 heteroatoms. The predicted octanol–water partition coefficient (Wildman–Crippen LogP) is 2.34. The number of carbonyl (C=O) groups excluding carboxylic acids is 1. The van der Waals surface area contributed by atoms with Crippen LogP contribution in [-0.2, 0) is 9.22 Å². The second-order valence-electron chi connectivity index (χ2n) is 6.52. The van der Waals surface area contributed by atoms with Crippen LogP contribution in [0.4, 0.5) is 0 Å². The van der Waals surface area contributed by atoms with Crippen molar-refractivity contribution in [3.05, 3.63) is 12.7 Å². The van der Waals surface area contributed by atoms with E-state index >= 15 is 0 Å². The molecule has 3 nitrogen and oxygen atoms in total. The van der Waals surface area contributed by atoms with Gasteiger partial charge in [-0.15, -0.1) is 6.58 Å². The second-order valence-corrected chi connectivity index (χ2v) is 8.95. The SMILES string of the molecule is C=CC[C@H]1NC(=O)[C@H]1[C@@H](CO[SiH](C)C)C(C)(C)C. The summed E-state index contributed by atoms with van der Waals surface area (Å²) in [4.78, 5) is 11.9. The summed E-state index contributed by atoms with van der Waals surface area (Å²) in [7, 11) is -1.04. The summed E-state index contributed by atoms with van der Waals surface area (Å²) in [6.07, 6.45) is 2.73. The average molecular weight is 269 g/mol. The molecule has 1 rings (SSSR count). The Hall–Kier alpha value is -0.613. The zero-order valence-electron chi connectivity index (χ0n) is 12.3. The smallest absolute Gasteiger partial charge is 0.225 e. The number of hydrogen-bond donors (Lipinski definition) is 1. The van der Waals surface area contributed by atoms with Gasteiger partial charge in [-0.25, -0.2) is 0 Å². The predicted molar refractivity (Wildman–Crippen MR) is 78.0 cm³/mol. The van der Waals surface area contributed by atoms with Crippen molar-refractivity contribution in [2.24, 2.45) is 17.3 Å². The molecule has 0 aromatic carbocycles. The van der Waals surface area contributed by atoms with Crippen molar-refractivity contribution in [3.8, 4) is 0 Å². The minimum Gasteiger partial charge on any atom is -0.420 e. The maximum absolute atomic E-state index is 11.9. The molecule has 1 aliphatic rings. The molecular formula is C14H27NO2Si. The first-order chi connectivity index (χ1) is 8.27. The van der Waals surface area contributed by atoms with Crippen LogP contribution >= 0.6 is 0 Å². The Bertz CT molecular complexity index is 307. The number of β-lactam (4-membered cyclic amide) rings is 1. The highest BCUT2D eigenvalue weighted by Gasteiger charge is 2.47. The van der Waals surface area contributed by atoms with Crippen molar-refractivity contribution in [2.75, 3.05) is 6.61 Å². The third kappa shape index (κ3) is 3.69. The van der Waals surface area contributed by atoms with Gasteiger partial charge in [0.1, 0.15) is 0 Å². The van der Waals surface area contributed by atoms with E-state index in [0.29, 0.717) is 6.61 Å². The fourth-order valence-corrected chi connectivity index (χ4v) is 3.08. The molecule has 3 atom stereocenters. The first kappa shape index (κ1) is 15.4. The molecule has 1 aliphatic heterocycles. The Balaban J connectivity index is 2.75. The molecule has 1 N–H and O–H groups in total. The van der Waals surface area contributed by atoms with Gasteiger partial charge in [0.15, 0.2) is 9.04 Å². The molecule has 0 spiro atoms. The number of amides is 1. The van der Waals surface area contributed by atoms with E-state index in [1.807, 2.05) is 6.08 Å². The number of nitrogens with one attached hydrogen (secondary N) is 1. The van der Waals surface area contributed by atoms with Crippen molar-refractivity contribution >= 4 is 14.9 Å². The third-order valence-corrected chi connectivity index (χ3v) is 4.50. The van der Waals surface area contributed by atoms with Gasteiger partial charge in [-0.1, -0.05) is 26.8 Å². The molecule has 0 aromatic heterocycles. The van der Waals surface area contributed by atoms with Crippen molar-refractivity contribution in [1.29, 1.82) is 0 Å². The molecule has 1 heterocycles. The summed E-state index contributed by atoms with van der Waals surface area (Å²) >= 11 is 0. The molecule has 1 amide bonds. The van der Waals surface area contributed by atoms with Crippen LogP contribution in [0.15, 0.2) is 12.7 Å². The Labute approximate surface area is 113 Å². The fourth-order valence-electron chi connectivity index (χ4n) is 2.49. The number of carbonyl (C=O) groups is 1. The summed E-state index contributed by atoms with van der Waals surface area (Å²) < 4.78 is 5.90. The van der Waals surface area contributed by atoms with Gasteiger partial charge < -0.3 is 9.74 Å². The summed E-state index contributed by atoms with van der Waals surface area (Å²) in [6.45, 7) is 15.4. The van der Waals surface area contributed by atoms with E-state index in [0.717, 1.165) is 6.42 Å². The normalized spacial score (nSPS) is 25.6. The molecule has 0 aromatic rings. The highest BCUT2D eigenvalue weighted by atomic mass is 28.3. The van der Waals surface area contributed by atoms with Gasteiger partial charge >= 0.3 is 0 Å². The number of rotatable bonds is 6. The van der Waals surface area contributed by atoms with Crippen molar-refractivity contribution < 1.29 is 9.22 Å². The molecule has 0 bridgehead atoms. The highest BCUT2D eigenvalue weighted by molar-refractivity contribution is 6.48. The Morgan fingerprint density at radius 3 is 2.50 bits per heavy atom. The van der Waals surface area contributed by atoms with E-state index in [1.165, 1.54) is 0 Å². The lowest BCUT2D eigenvalue weighted by Gasteiger charge is -2.46. The van der Waals surface area contributed by atoms with Crippen LogP contribution in [0.5, 0.6) is 0 Å². The number of hydrogen-bond acceptors (Lipinski definition) is 2. The van der Waals surface area contributed by atoms with E-state index in [2.05, 4.69) is 45.8 Å². The first-order valence-electron chi connectivity index (χ1n) is 6.80. The zero-order valence-corrected chi connectivity index (χ0v) is 13.5. The van der Waals surface area contributed by atoms with Crippen LogP contribution in [-0.4, -0.2) is 27.6 Å². The molecule has 0 saturated carbocycles. The fraction of sp³-hybridized carbons (Fsp3) is 0.786. The maximum Gasteiger partial charge on any atom is 0.225 e. The van der Waals surface area contributed by atoms with Gasteiger partial charge in [-0.05, 0) is 30.8 Å².